The minimum Gasteiger partial charge on any atom is -0.489 e. The maximum Gasteiger partial charge on any atom is 0.131 e. The lowest BCUT2D eigenvalue weighted by atomic mass is 10.2. The summed E-state index contributed by atoms with van der Waals surface area (Å²) in [5, 5.41) is 6.88. The zero-order valence-corrected chi connectivity index (χ0v) is 14.0. The van der Waals surface area contributed by atoms with Crippen molar-refractivity contribution in [2.75, 3.05) is 20.1 Å². The second kappa shape index (κ2) is 9.50. The molecule has 0 unspecified atom stereocenters. The first kappa shape index (κ1) is 17.7. The molecule has 124 valence electrons. The van der Waals surface area contributed by atoms with E-state index in [9.17, 15) is 4.39 Å². The smallest absolute Gasteiger partial charge is 0.131 e. The number of nitrogens with one attached hydrogen (secondary N) is 2. The summed E-state index contributed by atoms with van der Waals surface area (Å²) in [7, 11) is 1.95. The molecule has 0 fully saturated rings. The first-order valence-electron chi connectivity index (χ1n) is 7.70. The normalized spacial score (nSPS) is 10.7. The minimum atomic E-state index is -0.347. The molecule has 0 saturated carbocycles. The fourth-order valence-electron chi connectivity index (χ4n) is 2.19. The number of hydrogen-bond acceptors (Lipinski definition) is 3. The third-order valence-electron chi connectivity index (χ3n) is 3.45. The van der Waals surface area contributed by atoms with E-state index in [-0.39, 0.29) is 12.4 Å². The van der Waals surface area contributed by atoms with Crippen LogP contribution in [0.15, 0.2) is 42.5 Å². The standard InChI is InChI=1S/C18H22ClFN2O/c1-21-9-4-10-22-12-14-5-2-6-15(11-14)23-13-16-17(19)7-3-8-18(16)20/h2-3,5-8,11,21-22H,4,9-10,12-13H2,1H3. The maximum atomic E-state index is 13.7. The van der Waals surface area contributed by atoms with Gasteiger partial charge in [-0.3, -0.25) is 0 Å². The molecule has 2 rings (SSSR count). The molecular formula is C18H22ClFN2O. The molecule has 0 aliphatic rings. The summed E-state index contributed by atoms with van der Waals surface area (Å²) in [6.07, 6.45) is 1.08. The van der Waals surface area contributed by atoms with E-state index in [2.05, 4.69) is 10.6 Å². The fourth-order valence-corrected chi connectivity index (χ4v) is 2.41. The highest BCUT2D eigenvalue weighted by atomic mass is 35.5. The van der Waals surface area contributed by atoms with Gasteiger partial charge < -0.3 is 15.4 Å². The van der Waals surface area contributed by atoms with Crippen molar-refractivity contribution in [1.29, 1.82) is 0 Å². The van der Waals surface area contributed by atoms with Crippen LogP contribution in [0.5, 0.6) is 5.75 Å². The van der Waals surface area contributed by atoms with Crippen LogP contribution in [0.4, 0.5) is 4.39 Å². The molecule has 0 spiro atoms. The van der Waals surface area contributed by atoms with E-state index in [1.807, 2.05) is 31.3 Å². The SMILES string of the molecule is CNCCCNCc1cccc(OCc2c(F)cccc2Cl)c1. The van der Waals surface area contributed by atoms with Gasteiger partial charge in [-0.15, -0.1) is 0 Å². The van der Waals surface area contributed by atoms with E-state index in [1.165, 1.54) is 6.07 Å². The van der Waals surface area contributed by atoms with Gasteiger partial charge in [0.25, 0.3) is 0 Å². The number of ether oxygens (including phenoxy) is 1. The number of rotatable bonds is 9. The van der Waals surface area contributed by atoms with E-state index in [0.29, 0.717) is 16.3 Å². The molecule has 0 aliphatic carbocycles. The largest absolute Gasteiger partial charge is 0.489 e. The molecule has 2 aromatic rings. The minimum absolute atomic E-state index is 0.116. The Morgan fingerprint density at radius 2 is 1.96 bits per heavy atom. The Morgan fingerprint density at radius 3 is 2.74 bits per heavy atom. The molecule has 0 aliphatic heterocycles. The molecule has 0 bridgehead atoms. The van der Waals surface area contributed by atoms with Gasteiger partial charge in [0.05, 0.1) is 5.02 Å². The number of halogens is 2. The van der Waals surface area contributed by atoms with Gasteiger partial charge in [0.15, 0.2) is 0 Å². The summed E-state index contributed by atoms with van der Waals surface area (Å²) in [5.41, 5.74) is 1.51. The van der Waals surface area contributed by atoms with Crippen LogP contribution in [0, 0.1) is 5.82 Å². The predicted molar refractivity (Wildman–Crippen MR) is 92.4 cm³/mol. The Labute approximate surface area is 141 Å². The van der Waals surface area contributed by atoms with Crippen LogP contribution in [-0.2, 0) is 13.2 Å². The average molecular weight is 337 g/mol. The van der Waals surface area contributed by atoms with Crippen molar-refractivity contribution in [1.82, 2.24) is 10.6 Å². The molecule has 0 saturated heterocycles. The summed E-state index contributed by atoms with van der Waals surface area (Å²) >= 11 is 6.00. The van der Waals surface area contributed by atoms with Crippen LogP contribution >= 0.6 is 11.6 Å². The van der Waals surface area contributed by atoms with Gasteiger partial charge >= 0.3 is 0 Å². The molecule has 0 radical (unpaired) electrons. The third kappa shape index (κ3) is 5.82. The topological polar surface area (TPSA) is 33.3 Å². The summed E-state index contributed by atoms with van der Waals surface area (Å²) in [6, 6.07) is 12.4. The van der Waals surface area contributed by atoms with Crippen molar-refractivity contribution >= 4 is 11.6 Å². The first-order valence-corrected chi connectivity index (χ1v) is 8.08. The number of hydrogen-bond donors (Lipinski definition) is 2. The van der Waals surface area contributed by atoms with Crippen LogP contribution in [0.1, 0.15) is 17.5 Å². The second-order valence-corrected chi connectivity index (χ2v) is 5.68. The van der Waals surface area contributed by atoms with Crippen LogP contribution in [-0.4, -0.2) is 20.1 Å². The van der Waals surface area contributed by atoms with Crippen molar-refractivity contribution in [2.45, 2.75) is 19.6 Å². The van der Waals surface area contributed by atoms with Crippen molar-refractivity contribution in [3.05, 3.63) is 64.4 Å². The first-order chi connectivity index (χ1) is 11.2. The zero-order valence-electron chi connectivity index (χ0n) is 13.2. The van der Waals surface area contributed by atoms with Gasteiger partial charge in [-0.25, -0.2) is 4.39 Å². The van der Waals surface area contributed by atoms with E-state index in [1.54, 1.807) is 12.1 Å². The molecule has 0 atom stereocenters. The Bertz CT molecular complexity index is 601. The monoisotopic (exact) mass is 336 g/mol. The van der Waals surface area contributed by atoms with Crippen molar-refractivity contribution in [3.8, 4) is 5.75 Å². The molecule has 23 heavy (non-hydrogen) atoms. The lowest BCUT2D eigenvalue weighted by molar-refractivity contribution is 0.299. The van der Waals surface area contributed by atoms with Gasteiger partial charge in [-0.1, -0.05) is 29.8 Å². The molecule has 2 aromatic carbocycles. The highest BCUT2D eigenvalue weighted by Crippen LogP contribution is 2.22. The average Bonchev–Trinajstić information content (AvgIpc) is 2.55. The number of benzene rings is 2. The quantitative estimate of drug-likeness (QED) is 0.684. The predicted octanol–water partition coefficient (Wildman–Crippen LogP) is 3.76. The molecule has 2 N–H and O–H groups in total. The Kier molecular flexibility index (Phi) is 7.33. The van der Waals surface area contributed by atoms with Crippen LogP contribution in [0.3, 0.4) is 0 Å². The zero-order chi connectivity index (χ0) is 16.5. The van der Waals surface area contributed by atoms with Crippen LogP contribution in [0.2, 0.25) is 5.02 Å². The molecule has 0 amide bonds. The van der Waals surface area contributed by atoms with E-state index in [0.717, 1.165) is 31.6 Å². The fraction of sp³-hybridized carbons (Fsp3) is 0.333. The van der Waals surface area contributed by atoms with Crippen molar-refractivity contribution < 1.29 is 9.13 Å². The van der Waals surface area contributed by atoms with E-state index in [4.69, 9.17) is 16.3 Å². The third-order valence-corrected chi connectivity index (χ3v) is 3.81. The molecule has 0 aromatic heterocycles. The van der Waals surface area contributed by atoms with Gasteiger partial charge in [-0.2, -0.15) is 0 Å². The van der Waals surface area contributed by atoms with Crippen LogP contribution in [0.25, 0.3) is 0 Å². The molecule has 5 heteroatoms. The Balaban J connectivity index is 1.87. The Morgan fingerprint density at radius 1 is 1.13 bits per heavy atom. The highest BCUT2D eigenvalue weighted by Gasteiger charge is 2.07. The van der Waals surface area contributed by atoms with E-state index >= 15 is 0 Å². The van der Waals surface area contributed by atoms with Gasteiger partial charge in [0.1, 0.15) is 18.2 Å². The Hall–Kier alpha value is -1.62. The lowest BCUT2D eigenvalue weighted by Crippen LogP contribution is -2.19. The summed E-state index contributed by atoms with van der Waals surface area (Å²) in [5.74, 6) is 0.360. The molecule has 0 heterocycles. The lowest BCUT2D eigenvalue weighted by Gasteiger charge is -2.10. The highest BCUT2D eigenvalue weighted by molar-refractivity contribution is 6.31. The van der Waals surface area contributed by atoms with Gasteiger partial charge in [0.2, 0.25) is 0 Å². The van der Waals surface area contributed by atoms with Crippen molar-refractivity contribution in [2.24, 2.45) is 0 Å². The summed E-state index contributed by atoms with van der Waals surface area (Å²) in [6.45, 7) is 2.85. The summed E-state index contributed by atoms with van der Waals surface area (Å²) in [4.78, 5) is 0. The molecule has 3 nitrogen and oxygen atoms in total. The second-order valence-electron chi connectivity index (χ2n) is 5.27. The molecular weight excluding hydrogens is 315 g/mol. The van der Waals surface area contributed by atoms with Crippen LogP contribution < -0.4 is 15.4 Å². The van der Waals surface area contributed by atoms with Gasteiger partial charge in [0, 0.05) is 12.1 Å². The van der Waals surface area contributed by atoms with Gasteiger partial charge in [-0.05, 0) is 56.4 Å². The van der Waals surface area contributed by atoms with Crippen molar-refractivity contribution in [3.63, 3.8) is 0 Å². The van der Waals surface area contributed by atoms with E-state index < -0.39 is 0 Å². The summed E-state index contributed by atoms with van der Waals surface area (Å²) < 4.78 is 19.4. The maximum absolute atomic E-state index is 13.7.